The van der Waals surface area contributed by atoms with Crippen molar-refractivity contribution < 1.29 is 9.59 Å². The number of fused-ring (bicyclic) bond motifs is 3. The molecule has 1 fully saturated rings. The van der Waals surface area contributed by atoms with Crippen LogP contribution in [0.25, 0.3) is 10.9 Å². The van der Waals surface area contributed by atoms with E-state index in [1.165, 1.54) is 12.8 Å². The molecule has 5 nitrogen and oxygen atoms in total. The van der Waals surface area contributed by atoms with Crippen molar-refractivity contribution in [2.24, 2.45) is 0 Å². The van der Waals surface area contributed by atoms with Crippen LogP contribution in [0.5, 0.6) is 0 Å². The number of halogens is 1. The lowest BCUT2D eigenvalue weighted by atomic mass is 9.92. The molecule has 2 aromatic carbocycles. The van der Waals surface area contributed by atoms with Crippen LogP contribution in [0.15, 0.2) is 48.5 Å². The molecule has 0 bridgehead atoms. The number of para-hydroxylation sites is 1. The molecule has 1 N–H and O–H groups in total. The highest BCUT2D eigenvalue weighted by Crippen LogP contribution is 2.38. The van der Waals surface area contributed by atoms with Gasteiger partial charge in [-0.3, -0.25) is 14.5 Å². The van der Waals surface area contributed by atoms with Crippen LogP contribution in [0, 0.1) is 6.92 Å². The van der Waals surface area contributed by atoms with E-state index in [0.717, 1.165) is 42.1 Å². The van der Waals surface area contributed by atoms with E-state index in [4.69, 9.17) is 11.6 Å². The van der Waals surface area contributed by atoms with Gasteiger partial charge < -0.3 is 9.88 Å². The molecule has 6 heteroatoms. The summed E-state index contributed by atoms with van der Waals surface area (Å²) < 4.78 is 2.00. The molecule has 1 saturated carbocycles. The van der Waals surface area contributed by atoms with Gasteiger partial charge in [0.2, 0.25) is 5.91 Å². The maximum atomic E-state index is 14.0. The third-order valence-electron chi connectivity index (χ3n) is 7.28. The molecule has 33 heavy (non-hydrogen) atoms. The average Bonchev–Trinajstić information content (AvgIpc) is 2.97. The minimum absolute atomic E-state index is 0.106. The number of benzene rings is 2. The summed E-state index contributed by atoms with van der Waals surface area (Å²) in [5.74, 6) is -0.285. The summed E-state index contributed by atoms with van der Waals surface area (Å²) in [6, 6.07) is 15.5. The Morgan fingerprint density at radius 3 is 2.55 bits per heavy atom. The second-order valence-corrected chi connectivity index (χ2v) is 10.1. The Bertz CT molecular complexity index is 1230. The molecule has 0 unspecified atom stereocenters. The first-order chi connectivity index (χ1) is 15.9. The van der Waals surface area contributed by atoms with Crippen molar-refractivity contribution in [2.45, 2.75) is 70.5 Å². The summed E-state index contributed by atoms with van der Waals surface area (Å²) in [6.45, 7) is 4.22. The van der Waals surface area contributed by atoms with Crippen LogP contribution in [-0.2, 0) is 11.3 Å². The van der Waals surface area contributed by atoms with Gasteiger partial charge in [0.05, 0.1) is 6.54 Å². The fourth-order valence-electron chi connectivity index (χ4n) is 5.41. The molecule has 1 aliphatic heterocycles. The number of hydrogen-bond donors (Lipinski definition) is 1. The maximum Gasteiger partial charge on any atom is 0.275 e. The largest absolute Gasteiger partial charge is 0.351 e. The summed E-state index contributed by atoms with van der Waals surface area (Å²) >= 11 is 6.35. The van der Waals surface area contributed by atoms with Crippen LogP contribution in [0.4, 0.5) is 5.69 Å². The monoisotopic (exact) mass is 463 g/mol. The first-order valence-corrected chi connectivity index (χ1v) is 12.3. The number of aromatic nitrogens is 1. The van der Waals surface area contributed by atoms with Crippen LogP contribution < -0.4 is 10.2 Å². The molecule has 1 aromatic heterocycles. The average molecular weight is 464 g/mol. The van der Waals surface area contributed by atoms with Gasteiger partial charge in [-0.1, -0.05) is 61.5 Å². The van der Waals surface area contributed by atoms with Gasteiger partial charge in [0.15, 0.2) is 0 Å². The first-order valence-electron chi connectivity index (χ1n) is 11.9. The molecule has 0 spiro atoms. The van der Waals surface area contributed by atoms with E-state index in [0.29, 0.717) is 22.9 Å². The predicted octanol–water partition coefficient (Wildman–Crippen LogP) is 5.86. The van der Waals surface area contributed by atoms with E-state index >= 15 is 0 Å². The SMILES string of the molecule is Cc1ccc(Cl)cc1N1C(=O)c2cc3ccccc3n2C[C@@]1(C)C(=O)NC1CCCCCC1. The van der Waals surface area contributed by atoms with Gasteiger partial charge in [0.25, 0.3) is 5.91 Å². The minimum Gasteiger partial charge on any atom is -0.351 e. The van der Waals surface area contributed by atoms with Gasteiger partial charge in [-0.25, -0.2) is 0 Å². The van der Waals surface area contributed by atoms with Crippen LogP contribution in [0.3, 0.4) is 0 Å². The molecule has 172 valence electrons. The summed E-state index contributed by atoms with van der Waals surface area (Å²) in [6.07, 6.45) is 6.67. The van der Waals surface area contributed by atoms with Gasteiger partial charge in [0, 0.05) is 27.7 Å². The van der Waals surface area contributed by atoms with E-state index in [2.05, 4.69) is 5.32 Å². The number of hydrogen-bond acceptors (Lipinski definition) is 2. The smallest absolute Gasteiger partial charge is 0.275 e. The van der Waals surface area contributed by atoms with Crippen LogP contribution in [-0.4, -0.2) is 28.0 Å². The molecule has 1 atom stereocenters. The van der Waals surface area contributed by atoms with Crippen molar-refractivity contribution in [3.63, 3.8) is 0 Å². The van der Waals surface area contributed by atoms with E-state index in [1.54, 1.807) is 11.0 Å². The van der Waals surface area contributed by atoms with Gasteiger partial charge in [-0.2, -0.15) is 0 Å². The molecular weight excluding hydrogens is 434 g/mol. The Morgan fingerprint density at radius 1 is 1.06 bits per heavy atom. The van der Waals surface area contributed by atoms with Crippen molar-refractivity contribution in [1.82, 2.24) is 9.88 Å². The number of carbonyl (C=O) groups excluding carboxylic acids is 2. The number of anilines is 1. The Hall–Kier alpha value is -2.79. The van der Waals surface area contributed by atoms with E-state index in [-0.39, 0.29) is 17.9 Å². The fourth-order valence-corrected chi connectivity index (χ4v) is 5.58. The third-order valence-corrected chi connectivity index (χ3v) is 7.52. The minimum atomic E-state index is -1.09. The standard InChI is InChI=1S/C27H30ClN3O2/c1-18-13-14-20(28)16-23(18)31-25(32)24-15-19-9-7-8-12-22(19)30(24)17-27(31,2)26(33)29-21-10-5-3-4-6-11-21/h7-9,12-16,21H,3-6,10-11,17H2,1-2H3,(H,29,33)/t27-/m0/s1. The highest BCUT2D eigenvalue weighted by Gasteiger charge is 2.49. The van der Waals surface area contributed by atoms with E-state index in [1.807, 2.05) is 60.9 Å². The normalized spacial score (nSPS) is 21.7. The number of nitrogens with one attached hydrogen (secondary N) is 1. The van der Waals surface area contributed by atoms with Crippen LogP contribution >= 0.6 is 11.6 Å². The van der Waals surface area contributed by atoms with Crippen molar-refractivity contribution in [2.75, 3.05) is 4.90 Å². The molecular formula is C27H30ClN3O2. The zero-order valence-electron chi connectivity index (χ0n) is 19.2. The zero-order valence-corrected chi connectivity index (χ0v) is 20.0. The predicted molar refractivity (Wildman–Crippen MR) is 133 cm³/mol. The number of amides is 2. The molecule has 0 saturated heterocycles. The maximum absolute atomic E-state index is 14.0. The molecule has 2 amide bonds. The summed E-state index contributed by atoms with van der Waals surface area (Å²) in [5.41, 5.74) is 2.06. The Kier molecular flexibility index (Phi) is 5.69. The second kappa shape index (κ2) is 8.53. The number of aryl methyl sites for hydroxylation is 1. The molecule has 0 radical (unpaired) electrons. The number of rotatable bonds is 3. The van der Waals surface area contributed by atoms with Gasteiger partial charge in [0.1, 0.15) is 11.2 Å². The van der Waals surface area contributed by atoms with Crippen molar-refractivity contribution in [3.05, 3.63) is 64.8 Å². The van der Waals surface area contributed by atoms with Crippen molar-refractivity contribution in [3.8, 4) is 0 Å². The highest BCUT2D eigenvalue weighted by molar-refractivity contribution is 6.31. The molecule has 2 heterocycles. The topological polar surface area (TPSA) is 54.3 Å². The number of carbonyl (C=O) groups is 2. The van der Waals surface area contributed by atoms with E-state index in [9.17, 15) is 9.59 Å². The second-order valence-electron chi connectivity index (χ2n) is 9.68. The van der Waals surface area contributed by atoms with Gasteiger partial charge in [-0.15, -0.1) is 0 Å². The van der Waals surface area contributed by atoms with Crippen molar-refractivity contribution in [1.29, 1.82) is 0 Å². The van der Waals surface area contributed by atoms with Crippen LogP contribution in [0.2, 0.25) is 5.02 Å². The van der Waals surface area contributed by atoms with Crippen molar-refractivity contribution >= 4 is 40.0 Å². The number of nitrogens with zero attached hydrogens (tertiary/aromatic N) is 2. The summed E-state index contributed by atoms with van der Waals surface area (Å²) in [5, 5.41) is 4.86. The lowest BCUT2D eigenvalue weighted by molar-refractivity contribution is -0.127. The first kappa shape index (κ1) is 22.0. The highest BCUT2D eigenvalue weighted by atomic mass is 35.5. The lowest BCUT2D eigenvalue weighted by Gasteiger charge is -2.45. The Balaban J connectivity index is 1.62. The Labute approximate surface area is 199 Å². The Morgan fingerprint density at radius 2 is 1.79 bits per heavy atom. The third kappa shape index (κ3) is 3.82. The molecule has 5 rings (SSSR count). The fraction of sp³-hybridized carbons (Fsp3) is 0.407. The lowest BCUT2D eigenvalue weighted by Crippen LogP contribution is -2.65. The molecule has 2 aliphatic rings. The van der Waals surface area contributed by atoms with E-state index < -0.39 is 5.54 Å². The van der Waals surface area contributed by atoms with Crippen LogP contribution in [0.1, 0.15) is 61.5 Å². The quantitative estimate of drug-likeness (QED) is 0.494. The summed E-state index contributed by atoms with van der Waals surface area (Å²) in [7, 11) is 0. The zero-order chi connectivity index (χ0) is 23.2. The van der Waals surface area contributed by atoms with Gasteiger partial charge in [-0.05, 0) is 56.5 Å². The molecule has 3 aromatic rings. The molecule has 1 aliphatic carbocycles. The van der Waals surface area contributed by atoms with Gasteiger partial charge >= 0.3 is 0 Å². The summed E-state index contributed by atoms with van der Waals surface area (Å²) in [4.78, 5) is 29.6.